The van der Waals surface area contributed by atoms with Gasteiger partial charge in [0.05, 0.1) is 0 Å². The Balaban J connectivity index is 1.67. The number of piperazine rings is 1. The molecule has 2 aliphatic heterocycles. The summed E-state index contributed by atoms with van der Waals surface area (Å²) in [4.78, 5) is 16.4. The first kappa shape index (κ1) is 12.8. The van der Waals surface area contributed by atoms with E-state index >= 15 is 0 Å². The summed E-state index contributed by atoms with van der Waals surface area (Å²) in [6, 6.07) is 0. The van der Waals surface area contributed by atoms with E-state index in [1.54, 1.807) is 0 Å². The van der Waals surface area contributed by atoms with Crippen LogP contribution < -0.4 is 10.6 Å². The van der Waals surface area contributed by atoms with E-state index in [0.717, 1.165) is 58.9 Å². The molecule has 0 aromatic rings. The summed E-state index contributed by atoms with van der Waals surface area (Å²) >= 11 is 0. The van der Waals surface area contributed by atoms with Crippen molar-refractivity contribution in [2.24, 2.45) is 0 Å². The zero-order valence-corrected chi connectivity index (χ0v) is 10.6. The Kier molecular flexibility index (Phi) is 5.22. The molecular formula is C12H24N4O. The number of hydrogen-bond acceptors (Lipinski definition) is 4. The van der Waals surface area contributed by atoms with Crippen molar-refractivity contribution in [3.05, 3.63) is 0 Å². The minimum Gasteiger partial charge on any atom is -0.340 e. The van der Waals surface area contributed by atoms with Crippen LogP contribution in [0.1, 0.15) is 12.8 Å². The maximum absolute atomic E-state index is 12.0. The summed E-state index contributed by atoms with van der Waals surface area (Å²) in [6.45, 7) is 8.94. The smallest absolute Gasteiger partial charge is 0.223 e. The van der Waals surface area contributed by atoms with Gasteiger partial charge < -0.3 is 20.4 Å². The molecule has 17 heavy (non-hydrogen) atoms. The average molecular weight is 240 g/mol. The largest absolute Gasteiger partial charge is 0.340 e. The van der Waals surface area contributed by atoms with E-state index in [-0.39, 0.29) is 0 Å². The van der Waals surface area contributed by atoms with Crippen molar-refractivity contribution >= 4 is 5.91 Å². The normalized spacial score (nSPS) is 23.4. The number of nitrogens with zero attached hydrogens (tertiary/aromatic N) is 2. The molecule has 2 heterocycles. The molecular weight excluding hydrogens is 216 g/mol. The van der Waals surface area contributed by atoms with Crippen LogP contribution in [-0.4, -0.2) is 74.6 Å². The molecule has 0 aliphatic carbocycles. The Morgan fingerprint density at radius 3 is 2.47 bits per heavy atom. The molecule has 0 atom stereocenters. The van der Waals surface area contributed by atoms with Crippen LogP contribution in [0.4, 0.5) is 0 Å². The third-order valence-corrected chi connectivity index (χ3v) is 3.54. The molecule has 0 spiro atoms. The summed E-state index contributed by atoms with van der Waals surface area (Å²) in [7, 11) is 0. The predicted molar refractivity (Wildman–Crippen MR) is 68.0 cm³/mol. The number of rotatable bonds is 3. The highest BCUT2D eigenvalue weighted by Gasteiger charge is 2.17. The predicted octanol–water partition coefficient (Wildman–Crippen LogP) is -0.896. The van der Waals surface area contributed by atoms with Crippen LogP contribution in [-0.2, 0) is 4.79 Å². The second-order valence-electron chi connectivity index (χ2n) is 4.83. The fraction of sp³-hybridized carbons (Fsp3) is 0.917. The topological polar surface area (TPSA) is 47.6 Å². The van der Waals surface area contributed by atoms with Gasteiger partial charge in [-0.25, -0.2) is 0 Å². The molecule has 2 N–H and O–H groups in total. The molecule has 0 unspecified atom stereocenters. The van der Waals surface area contributed by atoms with Gasteiger partial charge in [-0.05, 0) is 19.5 Å². The van der Waals surface area contributed by atoms with Crippen LogP contribution >= 0.6 is 0 Å². The minimum atomic E-state index is 0.323. The molecule has 2 fully saturated rings. The van der Waals surface area contributed by atoms with Crippen LogP contribution in [0.25, 0.3) is 0 Å². The van der Waals surface area contributed by atoms with Gasteiger partial charge >= 0.3 is 0 Å². The molecule has 0 saturated carbocycles. The van der Waals surface area contributed by atoms with E-state index in [9.17, 15) is 4.79 Å². The zero-order valence-electron chi connectivity index (χ0n) is 10.6. The molecule has 2 aliphatic rings. The van der Waals surface area contributed by atoms with Crippen molar-refractivity contribution in [1.29, 1.82) is 0 Å². The first-order chi connectivity index (χ1) is 8.36. The van der Waals surface area contributed by atoms with Gasteiger partial charge in [0.25, 0.3) is 0 Å². The summed E-state index contributed by atoms with van der Waals surface area (Å²) in [5.74, 6) is 0.323. The van der Waals surface area contributed by atoms with Crippen LogP contribution in [0.15, 0.2) is 0 Å². The molecule has 98 valence electrons. The Bertz CT molecular complexity index is 233. The van der Waals surface area contributed by atoms with Crippen molar-refractivity contribution in [2.75, 3.05) is 58.9 Å². The van der Waals surface area contributed by atoms with Gasteiger partial charge in [0.15, 0.2) is 0 Å². The molecule has 5 heteroatoms. The van der Waals surface area contributed by atoms with E-state index in [4.69, 9.17) is 0 Å². The number of carbonyl (C=O) groups excluding carboxylic acids is 1. The molecule has 0 bridgehead atoms. The van der Waals surface area contributed by atoms with Gasteiger partial charge in [0, 0.05) is 52.2 Å². The lowest BCUT2D eigenvalue weighted by Crippen LogP contribution is -2.47. The third-order valence-electron chi connectivity index (χ3n) is 3.54. The molecule has 1 amide bonds. The van der Waals surface area contributed by atoms with Gasteiger partial charge in [-0.15, -0.1) is 0 Å². The first-order valence-electron chi connectivity index (χ1n) is 6.78. The Hall–Kier alpha value is -0.650. The maximum Gasteiger partial charge on any atom is 0.223 e. The van der Waals surface area contributed by atoms with Crippen molar-refractivity contribution in [1.82, 2.24) is 20.4 Å². The first-order valence-corrected chi connectivity index (χ1v) is 6.78. The van der Waals surface area contributed by atoms with Crippen LogP contribution in [0, 0.1) is 0 Å². The SMILES string of the molecule is O=C(CCN1CCCNCC1)N1CCNCC1. The lowest BCUT2D eigenvalue weighted by Gasteiger charge is -2.28. The van der Waals surface area contributed by atoms with Crippen LogP contribution in [0.3, 0.4) is 0 Å². The Morgan fingerprint density at radius 2 is 1.65 bits per heavy atom. The summed E-state index contributed by atoms with van der Waals surface area (Å²) in [5.41, 5.74) is 0. The van der Waals surface area contributed by atoms with Gasteiger partial charge in [0.1, 0.15) is 0 Å². The van der Waals surface area contributed by atoms with E-state index in [1.807, 2.05) is 4.90 Å². The van der Waals surface area contributed by atoms with Gasteiger partial charge in [0.2, 0.25) is 5.91 Å². The number of hydrogen-bond donors (Lipinski definition) is 2. The number of nitrogens with one attached hydrogen (secondary N) is 2. The van der Waals surface area contributed by atoms with Crippen molar-refractivity contribution in [3.63, 3.8) is 0 Å². The molecule has 0 aromatic carbocycles. The molecule has 0 radical (unpaired) electrons. The second-order valence-corrected chi connectivity index (χ2v) is 4.83. The molecule has 0 aromatic heterocycles. The van der Waals surface area contributed by atoms with E-state index in [1.165, 1.54) is 6.42 Å². The highest BCUT2D eigenvalue weighted by atomic mass is 16.2. The lowest BCUT2D eigenvalue weighted by molar-refractivity contribution is -0.132. The molecule has 2 saturated heterocycles. The standard InChI is InChI=1S/C12H24N4O/c17-12(16-10-5-14-6-11-16)2-8-15-7-1-3-13-4-9-15/h13-14H,1-11H2. The highest BCUT2D eigenvalue weighted by molar-refractivity contribution is 5.76. The fourth-order valence-corrected chi connectivity index (χ4v) is 2.45. The number of amides is 1. The summed E-state index contributed by atoms with van der Waals surface area (Å²) < 4.78 is 0. The maximum atomic E-state index is 12.0. The van der Waals surface area contributed by atoms with E-state index in [0.29, 0.717) is 12.3 Å². The quantitative estimate of drug-likeness (QED) is 0.671. The summed E-state index contributed by atoms with van der Waals surface area (Å²) in [6.07, 6.45) is 1.88. The number of carbonyl (C=O) groups is 1. The van der Waals surface area contributed by atoms with Crippen molar-refractivity contribution < 1.29 is 4.79 Å². The highest BCUT2D eigenvalue weighted by Crippen LogP contribution is 2.01. The fourth-order valence-electron chi connectivity index (χ4n) is 2.45. The third kappa shape index (κ3) is 4.26. The monoisotopic (exact) mass is 240 g/mol. The molecule has 2 rings (SSSR count). The average Bonchev–Trinajstić information content (AvgIpc) is 2.65. The van der Waals surface area contributed by atoms with Crippen molar-refractivity contribution in [2.45, 2.75) is 12.8 Å². The van der Waals surface area contributed by atoms with Gasteiger partial charge in [-0.2, -0.15) is 0 Å². The lowest BCUT2D eigenvalue weighted by atomic mass is 10.3. The van der Waals surface area contributed by atoms with Gasteiger partial charge in [-0.3, -0.25) is 4.79 Å². The van der Waals surface area contributed by atoms with Crippen molar-refractivity contribution in [3.8, 4) is 0 Å². The molecule has 5 nitrogen and oxygen atoms in total. The minimum absolute atomic E-state index is 0.323. The van der Waals surface area contributed by atoms with Gasteiger partial charge in [-0.1, -0.05) is 0 Å². The second kappa shape index (κ2) is 6.93. The zero-order chi connectivity index (χ0) is 11.9. The van der Waals surface area contributed by atoms with E-state index < -0.39 is 0 Å². The summed E-state index contributed by atoms with van der Waals surface area (Å²) in [5, 5.41) is 6.65. The Labute approximate surface area is 104 Å². The van der Waals surface area contributed by atoms with Crippen LogP contribution in [0.2, 0.25) is 0 Å². The van der Waals surface area contributed by atoms with E-state index in [2.05, 4.69) is 15.5 Å². The Morgan fingerprint density at radius 1 is 0.941 bits per heavy atom. The van der Waals surface area contributed by atoms with Crippen LogP contribution in [0.5, 0.6) is 0 Å².